The van der Waals surface area contributed by atoms with Gasteiger partial charge in [0.25, 0.3) is 0 Å². The van der Waals surface area contributed by atoms with Crippen molar-refractivity contribution in [2.75, 3.05) is 13.2 Å². The Morgan fingerprint density at radius 2 is 0.610 bits per heavy atom. The highest BCUT2D eigenvalue weighted by Crippen LogP contribution is 2.16. The number of allylic oxidation sites excluding steroid dienone is 4. The second-order valence-corrected chi connectivity index (χ2v) is 17.4. The molecule has 0 N–H and O–H groups in total. The fourth-order valence-electron chi connectivity index (χ4n) is 7.53. The van der Waals surface area contributed by atoms with Crippen molar-refractivity contribution in [2.24, 2.45) is 0 Å². The zero-order chi connectivity index (χ0) is 43.0. The topological polar surface area (TPSA) is 78.9 Å². The van der Waals surface area contributed by atoms with Crippen molar-refractivity contribution in [2.45, 2.75) is 284 Å². The SMILES string of the molecule is CCCCCCC/C=C\C/C=C\CCCCCCCCCCCCCC(=O)OCC(COC(=O)CCCCCCC)OC(=O)CCCCCCCCCCCCCCC. The maximum Gasteiger partial charge on any atom is 0.306 e. The normalized spacial score (nSPS) is 12.1. The summed E-state index contributed by atoms with van der Waals surface area (Å²) in [5.41, 5.74) is 0. The molecule has 0 aliphatic carbocycles. The first-order chi connectivity index (χ1) is 29.0. The van der Waals surface area contributed by atoms with Crippen LogP contribution in [0, 0.1) is 0 Å². The largest absolute Gasteiger partial charge is 0.462 e. The number of esters is 3. The Bertz CT molecular complexity index is 958. The van der Waals surface area contributed by atoms with E-state index in [-0.39, 0.29) is 31.1 Å². The van der Waals surface area contributed by atoms with Crippen molar-refractivity contribution < 1.29 is 28.6 Å². The Morgan fingerprint density at radius 1 is 0.339 bits per heavy atom. The van der Waals surface area contributed by atoms with Crippen LogP contribution in [-0.2, 0) is 28.6 Å². The monoisotopic (exact) mass is 831 g/mol. The van der Waals surface area contributed by atoms with Crippen LogP contribution in [0.15, 0.2) is 24.3 Å². The Hall–Kier alpha value is -2.11. The molecule has 0 aromatic rings. The van der Waals surface area contributed by atoms with Gasteiger partial charge in [-0.3, -0.25) is 14.4 Å². The van der Waals surface area contributed by atoms with Crippen LogP contribution < -0.4 is 0 Å². The van der Waals surface area contributed by atoms with E-state index in [0.29, 0.717) is 19.3 Å². The van der Waals surface area contributed by atoms with Gasteiger partial charge in [0.1, 0.15) is 13.2 Å². The number of ether oxygens (including phenoxy) is 3. The van der Waals surface area contributed by atoms with E-state index in [4.69, 9.17) is 14.2 Å². The molecular formula is C53H98O6. The number of carbonyl (C=O) groups is 3. The van der Waals surface area contributed by atoms with Gasteiger partial charge in [0.05, 0.1) is 0 Å². The van der Waals surface area contributed by atoms with Gasteiger partial charge in [0.2, 0.25) is 0 Å². The first-order valence-electron chi connectivity index (χ1n) is 25.8. The van der Waals surface area contributed by atoms with Crippen LogP contribution in [0.5, 0.6) is 0 Å². The number of hydrogen-bond acceptors (Lipinski definition) is 6. The predicted molar refractivity (Wildman–Crippen MR) is 252 cm³/mol. The minimum Gasteiger partial charge on any atom is -0.462 e. The fourth-order valence-corrected chi connectivity index (χ4v) is 7.53. The van der Waals surface area contributed by atoms with Crippen LogP contribution in [0.3, 0.4) is 0 Å². The maximum absolute atomic E-state index is 12.7. The summed E-state index contributed by atoms with van der Waals surface area (Å²) >= 11 is 0. The lowest BCUT2D eigenvalue weighted by Gasteiger charge is -2.18. The molecule has 0 fully saturated rings. The van der Waals surface area contributed by atoms with Gasteiger partial charge < -0.3 is 14.2 Å². The Labute approximate surface area is 366 Å². The standard InChI is InChI=1S/C53H98O6/c1-4-7-10-13-15-17-19-21-22-23-24-25-26-27-28-29-30-32-33-35-37-40-43-46-52(55)58-49-50(48-57-51(54)45-42-39-12-9-6-3)59-53(56)47-44-41-38-36-34-31-20-18-16-14-11-8-5-2/h19,21,23-24,50H,4-18,20,22,25-49H2,1-3H3/b21-19-,24-23-. The third-order valence-corrected chi connectivity index (χ3v) is 11.5. The van der Waals surface area contributed by atoms with E-state index in [9.17, 15) is 14.4 Å². The van der Waals surface area contributed by atoms with Crippen LogP contribution in [-0.4, -0.2) is 37.2 Å². The molecule has 0 aliphatic heterocycles. The maximum atomic E-state index is 12.7. The van der Waals surface area contributed by atoms with E-state index in [1.54, 1.807) is 0 Å². The van der Waals surface area contributed by atoms with Crippen LogP contribution >= 0.6 is 0 Å². The summed E-state index contributed by atoms with van der Waals surface area (Å²) in [6.45, 7) is 6.56. The van der Waals surface area contributed by atoms with Crippen LogP contribution in [0.2, 0.25) is 0 Å². The highest BCUT2D eigenvalue weighted by atomic mass is 16.6. The van der Waals surface area contributed by atoms with Gasteiger partial charge in [-0.2, -0.15) is 0 Å². The van der Waals surface area contributed by atoms with Crippen molar-refractivity contribution in [3.05, 3.63) is 24.3 Å². The van der Waals surface area contributed by atoms with Crippen molar-refractivity contribution in [1.82, 2.24) is 0 Å². The van der Waals surface area contributed by atoms with Gasteiger partial charge in [-0.15, -0.1) is 0 Å². The summed E-state index contributed by atoms with van der Waals surface area (Å²) in [4.78, 5) is 37.6. The smallest absolute Gasteiger partial charge is 0.306 e. The minimum atomic E-state index is -0.763. The van der Waals surface area contributed by atoms with E-state index in [0.717, 1.165) is 70.6 Å². The molecule has 0 amide bonds. The Morgan fingerprint density at radius 3 is 0.932 bits per heavy atom. The zero-order valence-corrected chi connectivity index (χ0v) is 39.5. The van der Waals surface area contributed by atoms with E-state index in [1.807, 2.05) is 0 Å². The second kappa shape index (κ2) is 48.6. The molecule has 0 saturated carbocycles. The molecule has 0 heterocycles. The quantitative estimate of drug-likeness (QED) is 0.0263. The molecular weight excluding hydrogens is 733 g/mol. The molecule has 6 heteroatoms. The molecule has 0 aliphatic rings. The molecule has 6 nitrogen and oxygen atoms in total. The number of hydrogen-bond donors (Lipinski definition) is 0. The molecule has 0 bridgehead atoms. The number of rotatable bonds is 47. The molecule has 0 saturated heterocycles. The Balaban J connectivity index is 4.07. The summed E-state index contributed by atoms with van der Waals surface area (Å²) < 4.78 is 16.7. The van der Waals surface area contributed by atoms with Crippen LogP contribution in [0.4, 0.5) is 0 Å². The minimum absolute atomic E-state index is 0.0688. The lowest BCUT2D eigenvalue weighted by molar-refractivity contribution is -0.167. The third-order valence-electron chi connectivity index (χ3n) is 11.5. The third kappa shape index (κ3) is 46.8. The van der Waals surface area contributed by atoms with Crippen molar-refractivity contribution in [3.63, 3.8) is 0 Å². The summed E-state index contributed by atoms with van der Waals surface area (Å²) in [6.07, 6.45) is 54.9. The average Bonchev–Trinajstić information content (AvgIpc) is 3.23. The van der Waals surface area contributed by atoms with Crippen LogP contribution in [0.1, 0.15) is 278 Å². The molecule has 1 unspecified atom stereocenters. The van der Waals surface area contributed by atoms with Crippen LogP contribution in [0.25, 0.3) is 0 Å². The first-order valence-corrected chi connectivity index (χ1v) is 25.8. The number of unbranched alkanes of at least 4 members (excludes halogenated alkanes) is 32. The summed E-state index contributed by atoms with van der Waals surface area (Å²) in [6, 6.07) is 0. The Kier molecular flexibility index (Phi) is 46.8. The lowest BCUT2D eigenvalue weighted by atomic mass is 10.0. The van der Waals surface area contributed by atoms with Crippen molar-refractivity contribution >= 4 is 17.9 Å². The fraction of sp³-hybridized carbons (Fsp3) is 0.868. The van der Waals surface area contributed by atoms with E-state index in [2.05, 4.69) is 45.1 Å². The lowest BCUT2D eigenvalue weighted by Crippen LogP contribution is -2.30. The van der Waals surface area contributed by atoms with Crippen molar-refractivity contribution in [3.8, 4) is 0 Å². The summed E-state index contributed by atoms with van der Waals surface area (Å²) in [5.74, 6) is -0.873. The molecule has 346 valence electrons. The average molecular weight is 831 g/mol. The zero-order valence-electron chi connectivity index (χ0n) is 39.5. The van der Waals surface area contributed by atoms with E-state index >= 15 is 0 Å². The van der Waals surface area contributed by atoms with Gasteiger partial charge in [0, 0.05) is 19.3 Å². The van der Waals surface area contributed by atoms with Gasteiger partial charge in [-0.05, 0) is 51.4 Å². The van der Waals surface area contributed by atoms with Gasteiger partial charge in [-0.1, -0.05) is 231 Å². The summed E-state index contributed by atoms with van der Waals surface area (Å²) in [7, 11) is 0. The number of carbonyl (C=O) groups excluding carboxylic acids is 3. The van der Waals surface area contributed by atoms with Gasteiger partial charge >= 0.3 is 17.9 Å². The molecule has 0 spiro atoms. The van der Waals surface area contributed by atoms with Gasteiger partial charge in [0.15, 0.2) is 6.10 Å². The molecule has 0 aromatic heterocycles. The molecule has 0 aromatic carbocycles. The summed E-state index contributed by atoms with van der Waals surface area (Å²) in [5, 5.41) is 0. The van der Waals surface area contributed by atoms with Crippen molar-refractivity contribution in [1.29, 1.82) is 0 Å². The molecule has 59 heavy (non-hydrogen) atoms. The molecule has 0 radical (unpaired) electrons. The second-order valence-electron chi connectivity index (χ2n) is 17.4. The van der Waals surface area contributed by atoms with Gasteiger partial charge in [-0.25, -0.2) is 0 Å². The highest BCUT2D eigenvalue weighted by Gasteiger charge is 2.19. The first kappa shape index (κ1) is 56.9. The predicted octanol–water partition coefficient (Wildman–Crippen LogP) is 16.8. The highest BCUT2D eigenvalue weighted by molar-refractivity contribution is 5.71. The van der Waals surface area contributed by atoms with E-state index < -0.39 is 6.10 Å². The molecule has 0 rings (SSSR count). The van der Waals surface area contributed by atoms with E-state index in [1.165, 1.54) is 167 Å². The molecule has 1 atom stereocenters.